The van der Waals surface area contributed by atoms with Gasteiger partial charge in [0, 0.05) is 18.2 Å². The molecular formula is C16H22FNO2. The number of nitrogens with one attached hydrogen (secondary N) is 1. The summed E-state index contributed by atoms with van der Waals surface area (Å²) in [6.45, 7) is 0.912. The summed E-state index contributed by atoms with van der Waals surface area (Å²) < 4.78 is 18.7. The molecule has 0 fully saturated rings. The topological polar surface area (TPSA) is 41.5 Å². The van der Waals surface area contributed by atoms with Crippen molar-refractivity contribution < 1.29 is 14.2 Å². The van der Waals surface area contributed by atoms with E-state index in [2.05, 4.69) is 17.5 Å². The molecule has 0 amide bonds. The Hall–Kier alpha value is -1.23. The SMILES string of the molecule is OC(CNC1CC=CCC1)COCc1ccccc1F. The fraction of sp³-hybridized carbons (Fsp3) is 0.500. The van der Waals surface area contributed by atoms with Crippen LogP contribution in [-0.4, -0.2) is 30.4 Å². The number of aliphatic hydroxyl groups excluding tert-OH is 1. The Morgan fingerprint density at radius 3 is 2.95 bits per heavy atom. The summed E-state index contributed by atoms with van der Waals surface area (Å²) in [4.78, 5) is 0. The number of ether oxygens (including phenoxy) is 1. The molecule has 2 N–H and O–H groups in total. The van der Waals surface area contributed by atoms with Crippen molar-refractivity contribution in [2.75, 3.05) is 13.2 Å². The first-order valence-electron chi connectivity index (χ1n) is 7.13. The highest BCUT2D eigenvalue weighted by molar-refractivity contribution is 5.16. The summed E-state index contributed by atoms with van der Waals surface area (Å²) in [5.74, 6) is -0.269. The Morgan fingerprint density at radius 1 is 1.35 bits per heavy atom. The lowest BCUT2D eigenvalue weighted by atomic mass is 10.0. The molecule has 0 bridgehead atoms. The van der Waals surface area contributed by atoms with E-state index < -0.39 is 6.10 Å². The van der Waals surface area contributed by atoms with Crippen molar-refractivity contribution in [3.8, 4) is 0 Å². The normalized spacial score (nSPS) is 20.0. The number of allylic oxidation sites excluding steroid dienone is 1. The Balaban J connectivity index is 1.61. The van der Waals surface area contributed by atoms with Gasteiger partial charge in [0.05, 0.1) is 19.3 Å². The van der Waals surface area contributed by atoms with Crippen molar-refractivity contribution in [1.82, 2.24) is 5.32 Å². The van der Waals surface area contributed by atoms with Gasteiger partial charge in [-0.2, -0.15) is 0 Å². The van der Waals surface area contributed by atoms with Crippen LogP contribution in [-0.2, 0) is 11.3 Å². The fourth-order valence-electron chi connectivity index (χ4n) is 2.26. The van der Waals surface area contributed by atoms with Gasteiger partial charge < -0.3 is 15.2 Å². The molecule has 0 heterocycles. The molecule has 0 aromatic heterocycles. The molecule has 4 heteroatoms. The van der Waals surface area contributed by atoms with Crippen molar-refractivity contribution in [1.29, 1.82) is 0 Å². The minimum absolute atomic E-state index is 0.190. The lowest BCUT2D eigenvalue weighted by Gasteiger charge is -2.21. The largest absolute Gasteiger partial charge is 0.389 e. The van der Waals surface area contributed by atoms with Crippen molar-refractivity contribution in [2.24, 2.45) is 0 Å². The van der Waals surface area contributed by atoms with Gasteiger partial charge in [0.15, 0.2) is 0 Å². The number of hydrogen-bond donors (Lipinski definition) is 2. The molecule has 20 heavy (non-hydrogen) atoms. The Bertz CT molecular complexity index is 436. The van der Waals surface area contributed by atoms with Gasteiger partial charge in [-0.25, -0.2) is 4.39 Å². The predicted molar refractivity (Wildman–Crippen MR) is 76.8 cm³/mol. The molecule has 1 aromatic carbocycles. The van der Waals surface area contributed by atoms with Crippen LogP contribution in [0.15, 0.2) is 36.4 Å². The third kappa shape index (κ3) is 5.04. The van der Waals surface area contributed by atoms with Crippen LogP contribution >= 0.6 is 0 Å². The van der Waals surface area contributed by atoms with Crippen LogP contribution in [0.3, 0.4) is 0 Å². The number of benzene rings is 1. The zero-order valence-corrected chi connectivity index (χ0v) is 11.6. The molecule has 1 aliphatic carbocycles. The maximum atomic E-state index is 13.3. The molecule has 0 saturated carbocycles. The van der Waals surface area contributed by atoms with Gasteiger partial charge in [-0.05, 0) is 25.3 Å². The van der Waals surface area contributed by atoms with E-state index in [0.717, 1.165) is 19.3 Å². The molecule has 0 aliphatic heterocycles. The van der Waals surface area contributed by atoms with Gasteiger partial charge in [0.2, 0.25) is 0 Å². The molecule has 110 valence electrons. The number of halogens is 1. The average Bonchev–Trinajstić information content (AvgIpc) is 2.48. The van der Waals surface area contributed by atoms with Crippen LogP contribution in [0.4, 0.5) is 4.39 Å². The quantitative estimate of drug-likeness (QED) is 0.753. The highest BCUT2D eigenvalue weighted by Gasteiger charge is 2.12. The van der Waals surface area contributed by atoms with E-state index in [4.69, 9.17) is 4.74 Å². The molecule has 0 spiro atoms. The van der Waals surface area contributed by atoms with Crippen LogP contribution in [0, 0.1) is 5.82 Å². The molecule has 1 aromatic rings. The minimum atomic E-state index is -0.562. The van der Waals surface area contributed by atoms with Crippen molar-refractivity contribution in [3.63, 3.8) is 0 Å². The van der Waals surface area contributed by atoms with Gasteiger partial charge in [-0.3, -0.25) is 0 Å². The molecule has 0 radical (unpaired) electrons. The highest BCUT2D eigenvalue weighted by atomic mass is 19.1. The molecule has 3 nitrogen and oxygen atoms in total. The van der Waals surface area contributed by atoms with Gasteiger partial charge in [-0.1, -0.05) is 30.4 Å². The minimum Gasteiger partial charge on any atom is -0.389 e. The van der Waals surface area contributed by atoms with Gasteiger partial charge in [-0.15, -0.1) is 0 Å². The maximum Gasteiger partial charge on any atom is 0.128 e. The smallest absolute Gasteiger partial charge is 0.128 e. The lowest BCUT2D eigenvalue weighted by Crippen LogP contribution is -2.37. The summed E-state index contributed by atoms with van der Waals surface area (Å²) in [5.41, 5.74) is 0.519. The summed E-state index contributed by atoms with van der Waals surface area (Å²) in [7, 11) is 0. The highest BCUT2D eigenvalue weighted by Crippen LogP contribution is 2.10. The first kappa shape index (κ1) is 15.2. The Morgan fingerprint density at radius 2 is 2.20 bits per heavy atom. The Kier molecular flexibility index (Phi) is 6.18. The zero-order chi connectivity index (χ0) is 14.2. The average molecular weight is 279 g/mol. The van der Waals surface area contributed by atoms with Crippen LogP contribution in [0.5, 0.6) is 0 Å². The van der Waals surface area contributed by atoms with Crippen molar-refractivity contribution in [2.45, 2.75) is 38.0 Å². The maximum absolute atomic E-state index is 13.3. The van der Waals surface area contributed by atoms with Crippen LogP contribution in [0.1, 0.15) is 24.8 Å². The standard InChI is InChI=1S/C16H22FNO2/c17-16-9-5-4-6-13(16)11-20-12-15(19)10-18-14-7-2-1-3-8-14/h1-2,4-6,9,14-15,18-19H,3,7-8,10-12H2. The second kappa shape index (κ2) is 8.15. The summed E-state index contributed by atoms with van der Waals surface area (Å²) in [6.07, 6.45) is 7.02. The van der Waals surface area contributed by atoms with Crippen molar-refractivity contribution in [3.05, 3.63) is 47.8 Å². The molecule has 2 atom stereocenters. The van der Waals surface area contributed by atoms with E-state index >= 15 is 0 Å². The first-order valence-corrected chi connectivity index (χ1v) is 7.13. The number of rotatable bonds is 7. The van der Waals surface area contributed by atoms with Crippen LogP contribution < -0.4 is 5.32 Å². The van der Waals surface area contributed by atoms with Gasteiger partial charge >= 0.3 is 0 Å². The van der Waals surface area contributed by atoms with E-state index in [1.165, 1.54) is 6.07 Å². The summed E-state index contributed by atoms with van der Waals surface area (Å²) in [6, 6.07) is 6.97. The van der Waals surface area contributed by atoms with Gasteiger partial charge in [0.1, 0.15) is 5.82 Å². The van der Waals surface area contributed by atoms with E-state index in [1.54, 1.807) is 18.2 Å². The second-order valence-electron chi connectivity index (χ2n) is 5.15. The molecule has 2 unspecified atom stereocenters. The molecular weight excluding hydrogens is 257 g/mol. The molecule has 1 aliphatic rings. The van der Waals surface area contributed by atoms with Crippen LogP contribution in [0.25, 0.3) is 0 Å². The van der Waals surface area contributed by atoms with E-state index in [0.29, 0.717) is 18.2 Å². The second-order valence-corrected chi connectivity index (χ2v) is 5.15. The lowest BCUT2D eigenvalue weighted by molar-refractivity contribution is 0.0265. The number of hydrogen-bond acceptors (Lipinski definition) is 3. The Labute approximate surface area is 119 Å². The summed E-state index contributed by atoms with van der Waals surface area (Å²) in [5, 5.41) is 13.2. The third-order valence-electron chi connectivity index (χ3n) is 3.44. The van der Waals surface area contributed by atoms with E-state index in [9.17, 15) is 9.50 Å². The number of aliphatic hydroxyl groups is 1. The first-order chi connectivity index (χ1) is 9.75. The monoisotopic (exact) mass is 279 g/mol. The van der Waals surface area contributed by atoms with Gasteiger partial charge in [0.25, 0.3) is 0 Å². The van der Waals surface area contributed by atoms with E-state index in [-0.39, 0.29) is 19.0 Å². The predicted octanol–water partition coefficient (Wildman–Crippen LogP) is 2.40. The third-order valence-corrected chi connectivity index (χ3v) is 3.44. The van der Waals surface area contributed by atoms with Crippen LogP contribution in [0.2, 0.25) is 0 Å². The fourth-order valence-corrected chi connectivity index (χ4v) is 2.26. The summed E-state index contributed by atoms with van der Waals surface area (Å²) >= 11 is 0. The van der Waals surface area contributed by atoms with E-state index in [1.807, 2.05) is 0 Å². The zero-order valence-electron chi connectivity index (χ0n) is 11.6. The van der Waals surface area contributed by atoms with Crippen molar-refractivity contribution >= 4 is 0 Å². The molecule has 2 rings (SSSR count). The molecule has 0 saturated heterocycles.